The molecule has 1 N–H and O–H groups in total. The highest BCUT2D eigenvalue weighted by atomic mass is 16.5. The van der Waals surface area contributed by atoms with E-state index in [2.05, 4.69) is 33.5 Å². The summed E-state index contributed by atoms with van der Waals surface area (Å²) in [7, 11) is 0. The molecule has 1 aromatic heterocycles. The molecule has 5 nitrogen and oxygen atoms in total. The smallest absolute Gasteiger partial charge is 0.121 e. The Balaban J connectivity index is 1.59. The van der Waals surface area contributed by atoms with Gasteiger partial charge in [-0.1, -0.05) is 0 Å². The van der Waals surface area contributed by atoms with Crippen LogP contribution in [0.5, 0.6) is 5.75 Å². The van der Waals surface area contributed by atoms with Gasteiger partial charge in [0.1, 0.15) is 18.2 Å². The Morgan fingerprint density at radius 2 is 1.87 bits per heavy atom. The van der Waals surface area contributed by atoms with Gasteiger partial charge in [-0.3, -0.25) is 0 Å². The van der Waals surface area contributed by atoms with E-state index in [1.165, 1.54) is 11.1 Å². The molecule has 2 fully saturated rings. The largest absolute Gasteiger partial charge is 0.490 e. The van der Waals surface area contributed by atoms with Crippen molar-refractivity contribution in [3.63, 3.8) is 0 Å². The Bertz CT molecular complexity index is 664. The fourth-order valence-electron chi connectivity index (χ4n) is 3.54. The Hall–Kier alpha value is -1.72. The monoisotopic (exact) mass is 313 g/mol. The van der Waals surface area contributed by atoms with Gasteiger partial charge in [0, 0.05) is 30.2 Å². The molecular formula is C18H23N3O2. The number of hydrogen-bond acceptors (Lipinski definition) is 5. The molecule has 1 aromatic carbocycles. The van der Waals surface area contributed by atoms with Crippen molar-refractivity contribution in [3.05, 3.63) is 30.2 Å². The first-order valence-electron chi connectivity index (χ1n) is 8.60. The fraction of sp³-hybridized carbons (Fsp3) is 0.556. The maximum Gasteiger partial charge on any atom is 0.121 e. The molecule has 122 valence electrons. The van der Waals surface area contributed by atoms with Crippen LogP contribution in [0.2, 0.25) is 0 Å². The molecule has 0 amide bonds. The van der Waals surface area contributed by atoms with E-state index < -0.39 is 0 Å². The molecule has 0 spiro atoms. The SMILES string of the molecule is c1nc(C2CCNCC2)c2ccc(OC3CCOCC3)cc2n1. The predicted molar refractivity (Wildman–Crippen MR) is 88.9 cm³/mol. The molecule has 0 unspecified atom stereocenters. The van der Waals surface area contributed by atoms with Crippen LogP contribution in [-0.4, -0.2) is 42.4 Å². The van der Waals surface area contributed by atoms with Gasteiger partial charge in [0.2, 0.25) is 0 Å². The first-order chi connectivity index (χ1) is 11.4. The minimum absolute atomic E-state index is 0.256. The van der Waals surface area contributed by atoms with E-state index in [-0.39, 0.29) is 6.10 Å². The van der Waals surface area contributed by atoms with E-state index in [1.54, 1.807) is 6.33 Å². The average Bonchev–Trinajstić information content (AvgIpc) is 2.63. The van der Waals surface area contributed by atoms with E-state index >= 15 is 0 Å². The number of rotatable bonds is 3. The second kappa shape index (κ2) is 6.81. The van der Waals surface area contributed by atoms with Crippen molar-refractivity contribution >= 4 is 10.9 Å². The maximum atomic E-state index is 6.10. The van der Waals surface area contributed by atoms with Gasteiger partial charge in [0.05, 0.1) is 24.4 Å². The van der Waals surface area contributed by atoms with E-state index in [0.29, 0.717) is 5.92 Å². The van der Waals surface area contributed by atoms with Crippen molar-refractivity contribution in [2.45, 2.75) is 37.7 Å². The number of ether oxygens (including phenoxy) is 2. The number of nitrogens with one attached hydrogen (secondary N) is 1. The molecule has 23 heavy (non-hydrogen) atoms. The normalized spacial score (nSPS) is 20.7. The first-order valence-corrected chi connectivity index (χ1v) is 8.60. The molecule has 0 saturated carbocycles. The van der Waals surface area contributed by atoms with E-state index in [4.69, 9.17) is 9.47 Å². The van der Waals surface area contributed by atoms with E-state index in [9.17, 15) is 0 Å². The summed E-state index contributed by atoms with van der Waals surface area (Å²) < 4.78 is 11.5. The van der Waals surface area contributed by atoms with Crippen LogP contribution in [0, 0.1) is 0 Å². The zero-order chi connectivity index (χ0) is 15.5. The number of nitrogens with zero attached hydrogens (tertiary/aromatic N) is 2. The summed E-state index contributed by atoms with van der Waals surface area (Å²) in [5.74, 6) is 1.43. The van der Waals surface area contributed by atoms with Crippen molar-refractivity contribution in [2.24, 2.45) is 0 Å². The molecule has 0 bridgehead atoms. The zero-order valence-electron chi connectivity index (χ0n) is 13.3. The standard InChI is InChI=1S/C18H23N3O2/c1-2-16-17(11-15(1)23-14-5-9-22-10-6-14)20-12-21-18(16)13-3-7-19-8-4-13/h1-2,11-14,19H,3-10H2. The van der Waals surface area contributed by atoms with Gasteiger partial charge in [-0.2, -0.15) is 0 Å². The van der Waals surface area contributed by atoms with Crippen LogP contribution >= 0.6 is 0 Å². The second-order valence-corrected chi connectivity index (χ2v) is 6.39. The molecular weight excluding hydrogens is 290 g/mol. The Morgan fingerprint density at radius 1 is 1.04 bits per heavy atom. The lowest BCUT2D eigenvalue weighted by Gasteiger charge is -2.24. The second-order valence-electron chi connectivity index (χ2n) is 6.39. The zero-order valence-corrected chi connectivity index (χ0v) is 13.3. The van der Waals surface area contributed by atoms with Crippen LogP contribution in [0.3, 0.4) is 0 Å². The fourth-order valence-corrected chi connectivity index (χ4v) is 3.54. The summed E-state index contributed by atoms with van der Waals surface area (Å²) >= 11 is 0. The molecule has 2 saturated heterocycles. The summed E-state index contributed by atoms with van der Waals surface area (Å²) in [5, 5.41) is 4.58. The van der Waals surface area contributed by atoms with Gasteiger partial charge in [-0.15, -0.1) is 0 Å². The van der Waals surface area contributed by atoms with Crippen LogP contribution in [0.1, 0.15) is 37.3 Å². The lowest BCUT2D eigenvalue weighted by Crippen LogP contribution is -2.27. The lowest BCUT2D eigenvalue weighted by molar-refractivity contribution is 0.0256. The molecule has 5 heteroatoms. The molecule has 4 rings (SSSR count). The molecule has 2 aliphatic heterocycles. The van der Waals surface area contributed by atoms with Crippen LogP contribution in [0.25, 0.3) is 10.9 Å². The summed E-state index contributed by atoms with van der Waals surface area (Å²) in [4.78, 5) is 9.04. The molecule has 0 radical (unpaired) electrons. The summed E-state index contributed by atoms with van der Waals surface area (Å²) in [5.41, 5.74) is 2.17. The number of piperidine rings is 1. The lowest BCUT2D eigenvalue weighted by atomic mass is 9.92. The minimum Gasteiger partial charge on any atom is -0.490 e. The predicted octanol–water partition coefficient (Wildman–Crippen LogP) is 2.65. The average molecular weight is 313 g/mol. The first kappa shape index (κ1) is 14.8. The van der Waals surface area contributed by atoms with Crippen LogP contribution in [-0.2, 0) is 4.74 Å². The number of aromatic nitrogens is 2. The third-order valence-corrected chi connectivity index (χ3v) is 4.84. The van der Waals surface area contributed by atoms with Gasteiger partial charge in [-0.05, 0) is 38.1 Å². The summed E-state index contributed by atoms with van der Waals surface area (Å²) in [6.07, 6.45) is 6.16. The van der Waals surface area contributed by atoms with Crippen molar-refractivity contribution in [2.75, 3.05) is 26.3 Å². The van der Waals surface area contributed by atoms with Gasteiger partial charge in [0.25, 0.3) is 0 Å². The summed E-state index contributed by atoms with van der Waals surface area (Å²) in [6.45, 7) is 3.72. The van der Waals surface area contributed by atoms with Gasteiger partial charge in [-0.25, -0.2) is 9.97 Å². The highest BCUT2D eigenvalue weighted by Crippen LogP contribution is 2.31. The van der Waals surface area contributed by atoms with Gasteiger partial charge < -0.3 is 14.8 Å². The molecule has 2 aliphatic rings. The minimum atomic E-state index is 0.256. The third-order valence-electron chi connectivity index (χ3n) is 4.84. The van der Waals surface area contributed by atoms with Crippen molar-refractivity contribution in [1.82, 2.24) is 15.3 Å². The highest BCUT2D eigenvalue weighted by molar-refractivity contribution is 5.82. The molecule has 0 aliphatic carbocycles. The van der Waals surface area contributed by atoms with Crippen LogP contribution < -0.4 is 10.1 Å². The third kappa shape index (κ3) is 3.31. The molecule has 0 atom stereocenters. The highest BCUT2D eigenvalue weighted by Gasteiger charge is 2.20. The Morgan fingerprint density at radius 3 is 2.70 bits per heavy atom. The number of benzene rings is 1. The Labute approximate surface area is 136 Å². The maximum absolute atomic E-state index is 6.10. The molecule has 2 aromatic rings. The van der Waals surface area contributed by atoms with Crippen LogP contribution in [0.4, 0.5) is 0 Å². The quantitative estimate of drug-likeness (QED) is 0.944. The van der Waals surface area contributed by atoms with E-state index in [0.717, 1.165) is 63.3 Å². The van der Waals surface area contributed by atoms with Crippen LogP contribution in [0.15, 0.2) is 24.5 Å². The number of hydrogen-bond donors (Lipinski definition) is 1. The van der Waals surface area contributed by atoms with Gasteiger partial charge in [0.15, 0.2) is 0 Å². The van der Waals surface area contributed by atoms with E-state index in [1.807, 2.05) is 0 Å². The van der Waals surface area contributed by atoms with Crippen molar-refractivity contribution < 1.29 is 9.47 Å². The number of fused-ring (bicyclic) bond motifs is 1. The Kier molecular flexibility index (Phi) is 4.39. The van der Waals surface area contributed by atoms with Crippen molar-refractivity contribution in [3.8, 4) is 5.75 Å². The summed E-state index contributed by atoms with van der Waals surface area (Å²) in [6, 6.07) is 6.24. The molecule has 3 heterocycles. The van der Waals surface area contributed by atoms with Gasteiger partial charge >= 0.3 is 0 Å². The topological polar surface area (TPSA) is 56.3 Å². The van der Waals surface area contributed by atoms with Crippen molar-refractivity contribution in [1.29, 1.82) is 0 Å².